The highest BCUT2D eigenvalue weighted by atomic mass is 16.5. The summed E-state index contributed by atoms with van der Waals surface area (Å²) in [4.78, 5) is 30.0. The number of aromatic amines is 1. The molecule has 164 valence electrons. The number of H-pyrrole nitrogens is 1. The van der Waals surface area contributed by atoms with Crippen molar-refractivity contribution >= 4 is 28.5 Å². The number of fused-ring (bicyclic) bond motifs is 1. The summed E-state index contributed by atoms with van der Waals surface area (Å²) in [6, 6.07) is 3.27. The number of esters is 1. The van der Waals surface area contributed by atoms with Crippen LogP contribution in [0.5, 0.6) is 11.5 Å². The molecular weight excluding hydrogens is 386 g/mol. The molecule has 3 atom stereocenters. The first-order valence-corrected chi connectivity index (χ1v) is 10.5. The molecule has 1 aliphatic heterocycles. The summed E-state index contributed by atoms with van der Waals surface area (Å²) >= 11 is 0. The Morgan fingerprint density at radius 1 is 1.27 bits per heavy atom. The maximum atomic E-state index is 13.1. The third-order valence-corrected chi connectivity index (χ3v) is 5.84. The molecule has 1 unspecified atom stereocenters. The molecule has 0 saturated carbocycles. The van der Waals surface area contributed by atoms with Crippen LogP contribution in [0.15, 0.2) is 12.1 Å². The molecule has 3 rings (SSSR count). The van der Waals surface area contributed by atoms with Gasteiger partial charge in [0.1, 0.15) is 5.69 Å². The summed E-state index contributed by atoms with van der Waals surface area (Å²) < 4.78 is 16.0. The molecule has 0 bridgehead atoms. The zero-order chi connectivity index (χ0) is 21.8. The number of aromatic nitrogens is 1. The summed E-state index contributed by atoms with van der Waals surface area (Å²) in [5.74, 6) is 0.996. The monoisotopic (exact) mass is 418 g/mol. The molecule has 0 aliphatic carbocycles. The second kappa shape index (κ2) is 9.38. The molecule has 30 heavy (non-hydrogen) atoms. The van der Waals surface area contributed by atoms with Gasteiger partial charge in [0.2, 0.25) is 0 Å². The molecule has 3 N–H and O–H groups in total. The second-order valence-corrected chi connectivity index (χ2v) is 7.92. The smallest absolute Gasteiger partial charge is 0.356 e. The molecular formula is C22H32N3O5+. The number of likely N-dealkylation sites (tertiary alicyclic amines) is 1. The number of hydrogen-bond acceptors (Lipinski definition) is 5. The Labute approximate surface area is 176 Å². The van der Waals surface area contributed by atoms with Crippen molar-refractivity contribution in [2.24, 2.45) is 5.92 Å². The van der Waals surface area contributed by atoms with Crippen LogP contribution in [-0.2, 0) is 9.53 Å². The number of rotatable bonds is 7. The van der Waals surface area contributed by atoms with Crippen LogP contribution in [0.3, 0.4) is 0 Å². The predicted octanol–water partition coefficient (Wildman–Crippen LogP) is 2.00. The van der Waals surface area contributed by atoms with Gasteiger partial charge in [-0.3, -0.25) is 4.79 Å². The summed E-state index contributed by atoms with van der Waals surface area (Å²) in [6.45, 7) is 8.09. The van der Waals surface area contributed by atoms with Gasteiger partial charge in [0.15, 0.2) is 17.5 Å². The van der Waals surface area contributed by atoms with E-state index >= 15 is 0 Å². The molecule has 1 aromatic heterocycles. The molecule has 8 heteroatoms. The fourth-order valence-electron chi connectivity index (χ4n) is 4.15. The van der Waals surface area contributed by atoms with E-state index in [1.165, 1.54) is 11.3 Å². The Morgan fingerprint density at radius 2 is 1.97 bits per heavy atom. The molecule has 0 spiro atoms. The highest BCUT2D eigenvalue weighted by Crippen LogP contribution is 2.37. The quantitative estimate of drug-likeness (QED) is 0.598. The van der Waals surface area contributed by atoms with Crippen LogP contribution in [0.2, 0.25) is 0 Å². The minimum Gasteiger partial charge on any atom is -0.493 e. The average Bonchev–Trinajstić information content (AvgIpc) is 3.09. The zero-order valence-electron chi connectivity index (χ0n) is 18.4. The van der Waals surface area contributed by atoms with Gasteiger partial charge in [-0.05, 0) is 32.8 Å². The largest absolute Gasteiger partial charge is 0.493 e. The minimum absolute atomic E-state index is 0.125. The Morgan fingerprint density at radius 3 is 2.60 bits per heavy atom. The molecule has 2 heterocycles. The van der Waals surface area contributed by atoms with E-state index in [4.69, 9.17) is 14.2 Å². The van der Waals surface area contributed by atoms with Crippen molar-refractivity contribution in [2.45, 2.75) is 39.7 Å². The zero-order valence-corrected chi connectivity index (χ0v) is 18.4. The SMILES string of the molecule is CCOC(=O)c1[nH]c2cc(OC)c(OC)cc2c1NC(=O)[C@H](C)[NH+]1CCC[C@H](C)C1. The van der Waals surface area contributed by atoms with Crippen LogP contribution >= 0.6 is 0 Å². The normalized spacial score (nSPS) is 19.9. The van der Waals surface area contributed by atoms with Crippen LogP contribution in [0.25, 0.3) is 10.9 Å². The van der Waals surface area contributed by atoms with Gasteiger partial charge in [-0.15, -0.1) is 0 Å². The number of hydrogen-bond donors (Lipinski definition) is 3. The number of carbonyl (C=O) groups excluding carboxylic acids is 2. The van der Waals surface area contributed by atoms with E-state index in [0.717, 1.165) is 19.5 Å². The third kappa shape index (κ3) is 4.38. The van der Waals surface area contributed by atoms with Crippen molar-refractivity contribution in [2.75, 3.05) is 39.2 Å². The molecule has 8 nitrogen and oxygen atoms in total. The van der Waals surface area contributed by atoms with Crippen LogP contribution in [-0.4, -0.2) is 56.8 Å². The minimum atomic E-state index is -0.520. The van der Waals surface area contributed by atoms with Gasteiger partial charge < -0.3 is 29.4 Å². The summed E-state index contributed by atoms with van der Waals surface area (Å²) in [7, 11) is 3.09. The lowest BCUT2D eigenvalue weighted by molar-refractivity contribution is -0.922. The van der Waals surface area contributed by atoms with Crippen molar-refractivity contribution in [3.8, 4) is 11.5 Å². The number of anilines is 1. The Bertz CT molecular complexity index is 923. The molecule has 1 saturated heterocycles. The first kappa shape index (κ1) is 22.0. The number of benzene rings is 1. The van der Waals surface area contributed by atoms with Crippen LogP contribution in [0, 0.1) is 5.92 Å². The van der Waals surface area contributed by atoms with Gasteiger partial charge in [0.25, 0.3) is 5.91 Å². The Balaban J connectivity index is 1.98. The second-order valence-electron chi connectivity index (χ2n) is 7.92. The standard InChI is InChI=1S/C22H31N3O5/c1-6-30-22(27)20-19(15-10-17(28-4)18(29-5)11-16(15)23-20)24-21(26)14(3)25-9-7-8-13(2)12-25/h10-11,13-14,23H,6-9,12H2,1-5H3,(H,24,26)/p+1/t13-,14-/m0/s1. The van der Waals surface area contributed by atoms with E-state index < -0.39 is 5.97 Å². The van der Waals surface area contributed by atoms with Crippen LogP contribution in [0.1, 0.15) is 44.1 Å². The van der Waals surface area contributed by atoms with Crippen LogP contribution < -0.4 is 19.7 Å². The Kier molecular flexibility index (Phi) is 6.87. The van der Waals surface area contributed by atoms with Gasteiger partial charge >= 0.3 is 5.97 Å². The number of amides is 1. The lowest BCUT2D eigenvalue weighted by atomic mass is 9.99. The fraction of sp³-hybridized carbons (Fsp3) is 0.545. The lowest BCUT2D eigenvalue weighted by Gasteiger charge is -2.31. The number of nitrogens with one attached hydrogen (secondary N) is 3. The molecule has 2 aromatic rings. The highest BCUT2D eigenvalue weighted by molar-refractivity contribution is 6.12. The number of methoxy groups -OCH3 is 2. The van der Waals surface area contributed by atoms with Crippen molar-refractivity contribution in [3.63, 3.8) is 0 Å². The number of piperidine rings is 1. The number of ether oxygens (including phenoxy) is 3. The van der Waals surface area contributed by atoms with Crippen molar-refractivity contribution in [1.29, 1.82) is 0 Å². The fourth-order valence-corrected chi connectivity index (χ4v) is 4.15. The maximum absolute atomic E-state index is 13.1. The average molecular weight is 419 g/mol. The van der Waals surface area contributed by atoms with Crippen molar-refractivity contribution < 1.29 is 28.7 Å². The summed E-state index contributed by atoms with van der Waals surface area (Å²) in [5.41, 5.74) is 1.27. The van der Waals surface area contributed by atoms with Crippen molar-refractivity contribution in [1.82, 2.24) is 4.98 Å². The lowest BCUT2D eigenvalue weighted by Crippen LogP contribution is -3.17. The molecule has 1 aromatic carbocycles. The van der Waals surface area contributed by atoms with E-state index in [0.29, 0.717) is 34.0 Å². The first-order chi connectivity index (χ1) is 14.4. The van der Waals surface area contributed by atoms with Gasteiger partial charge in [0.05, 0.1) is 45.1 Å². The molecule has 0 radical (unpaired) electrons. The summed E-state index contributed by atoms with van der Waals surface area (Å²) in [6.07, 6.45) is 2.32. The number of quaternary nitrogens is 1. The first-order valence-electron chi connectivity index (χ1n) is 10.5. The topological polar surface area (TPSA) is 94.1 Å². The Hall–Kier alpha value is -2.74. The molecule has 1 amide bonds. The molecule has 1 aliphatic rings. The van der Waals surface area contributed by atoms with E-state index in [1.54, 1.807) is 33.3 Å². The molecule has 1 fully saturated rings. The van der Waals surface area contributed by atoms with Gasteiger partial charge in [-0.25, -0.2) is 4.79 Å². The highest BCUT2D eigenvalue weighted by Gasteiger charge is 2.31. The maximum Gasteiger partial charge on any atom is 0.356 e. The van der Waals surface area contributed by atoms with Gasteiger partial charge in [-0.2, -0.15) is 0 Å². The van der Waals surface area contributed by atoms with E-state index in [1.807, 2.05) is 6.92 Å². The van der Waals surface area contributed by atoms with E-state index in [9.17, 15) is 9.59 Å². The predicted molar refractivity (Wildman–Crippen MR) is 115 cm³/mol. The third-order valence-electron chi connectivity index (χ3n) is 5.84. The van der Waals surface area contributed by atoms with Crippen LogP contribution in [0.4, 0.5) is 5.69 Å². The van der Waals surface area contributed by atoms with Gasteiger partial charge in [-0.1, -0.05) is 6.92 Å². The number of carbonyl (C=O) groups is 2. The van der Waals surface area contributed by atoms with E-state index in [2.05, 4.69) is 17.2 Å². The summed E-state index contributed by atoms with van der Waals surface area (Å²) in [5, 5.41) is 3.65. The van der Waals surface area contributed by atoms with Crippen molar-refractivity contribution in [3.05, 3.63) is 17.8 Å². The van der Waals surface area contributed by atoms with E-state index in [-0.39, 0.29) is 24.2 Å². The van der Waals surface area contributed by atoms with Gasteiger partial charge in [0, 0.05) is 17.4 Å².